The van der Waals surface area contributed by atoms with E-state index >= 15 is 0 Å². The number of benzene rings is 2. The van der Waals surface area contributed by atoms with Gasteiger partial charge in [-0.05, 0) is 37.3 Å². The largest absolute Gasteiger partial charge is 0.515 e. The van der Waals surface area contributed by atoms with E-state index in [0.29, 0.717) is 23.1 Å². The maximum absolute atomic E-state index is 13.6. The van der Waals surface area contributed by atoms with Crippen LogP contribution in [-0.2, 0) is 11.3 Å². The van der Waals surface area contributed by atoms with Crippen molar-refractivity contribution in [2.75, 3.05) is 6.61 Å². The number of hydrogen-bond donors (Lipinski definition) is 0. The van der Waals surface area contributed by atoms with Crippen LogP contribution in [-0.4, -0.2) is 27.3 Å². The Morgan fingerprint density at radius 2 is 1.96 bits per heavy atom. The first-order valence-corrected chi connectivity index (χ1v) is 8.48. The van der Waals surface area contributed by atoms with Crippen molar-refractivity contribution in [1.29, 1.82) is 0 Å². The predicted octanol–water partition coefficient (Wildman–Crippen LogP) is 4.31. The zero-order valence-electron chi connectivity index (χ0n) is 14.6. The molecule has 2 heterocycles. The Labute approximate surface area is 154 Å². The standard InChI is InChI=1S/C20H16FN3O3/c1-2-26-20(25)27-19-10-13-9-14(21)7-8-18(13)24(19)12-15-11-22-16-5-3-4-6-17(16)23-15/h3-11H,2,12H2,1H3. The highest BCUT2D eigenvalue weighted by molar-refractivity contribution is 5.83. The molecule has 136 valence electrons. The fourth-order valence-corrected chi connectivity index (χ4v) is 2.93. The fraction of sp³-hybridized carbons (Fsp3) is 0.150. The van der Waals surface area contributed by atoms with Gasteiger partial charge in [0.2, 0.25) is 5.88 Å². The number of ether oxygens (including phenoxy) is 2. The third-order valence-corrected chi connectivity index (χ3v) is 4.09. The summed E-state index contributed by atoms with van der Waals surface area (Å²) in [5, 5.41) is 0.614. The average molecular weight is 365 g/mol. The van der Waals surface area contributed by atoms with Crippen LogP contribution >= 0.6 is 0 Å². The molecule has 0 bridgehead atoms. The molecule has 27 heavy (non-hydrogen) atoms. The highest BCUT2D eigenvalue weighted by Crippen LogP contribution is 2.27. The molecule has 4 rings (SSSR count). The summed E-state index contributed by atoms with van der Waals surface area (Å²) in [7, 11) is 0. The van der Waals surface area contributed by atoms with Crippen molar-refractivity contribution in [2.45, 2.75) is 13.5 Å². The molecule has 4 aromatic rings. The summed E-state index contributed by atoms with van der Waals surface area (Å²) in [6, 6.07) is 13.5. The number of halogens is 1. The lowest BCUT2D eigenvalue weighted by Gasteiger charge is -2.10. The van der Waals surface area contributed by atoms with Crippen molar-refractivity contribution in [3.8, 4) is 5.88 Å². The van der Waals surface area contributed by atoms with Crippen LogP contribution in [0, 0.1) is 5.82 Å². The van der Waals surface area contributed by atoms with Crippen LogP contribution in [0.15, 0.2) is 54.7 Å². The minimum Gasteiger partial charge on any atom is -0.434 e. The van der Waals surface area contributed by atoms with E-state index in [9.17, 15) is 9.18 Å². The molecule has 0 fully saturated rings. The first-order chi connectivity index (χ1) is 13.1. The van der Waals surface area contributed by atoms with Gasteiger partial charge in [0.15, 0.2) is 0 Å². The van der Waals surface area contributed by atoms with Crippen LogP contribution in [0.3, 0.4) is 0 Å². The molecule has 0 saturated carbocycles. The number of hydrogen-bond acceptors (Lipinski definition) is 5. The number of rotatable bonds is 4. The summed E-state index contributed by atoms with van der Waals surface area (Å²) in [6.07, 6.45) is 0.859. The Hall–Kier alpha value is -3.48. The van der Waals surface area contributed by atoms with E-state index in [0.717, 1.165) is 11.0 Å². The van der Waals surface area contributed by atoms with E-state index in [1.54, 1.807) is 29.8 Å². The van der Waals surface area contributed by atoms with Gasteiger partial charge in [-0.15, -0.1) is 0 Å². The van der Waals surface area contributed by atoms with Gasteiger partial charge in [0.05, 0.1) is 41.6 Å². The third-order valence-electron chi connectivity index (χ3n) is 4.09. The third kappa shape index (κ3) is 3.44. The second kappa shape index (κ2) is 7.03. The second-order valence-electron chi connectivity index (χ2n) is 5.91. The topological polar surface area (TPSA) is 66.2 Å². The molecule has 0 saturated heterocycles. The van der Waals surface area contributed by atoms with Gasteiger partial charge in [-0.1, -0.05) is 12.1 Å². The molecule has 2 aromatic heterocycles. The number of para-hydroxylation sites is 2. The molecule has 0 aliphatic heterocycles. The van der Waals surface area contributed by atoms with Crippen molar-refractivity contribution in [3.05, 3.63) is 66.2 Å². The Kier molecular flexibility index (Phi) is 4.42. The van der Waals surface area contributed by atoms with Crippen LogP contribution in [0.25, 0.3) is 21.9 Å². The molecular weight excluding hydrogens is 349 g/mol. The van der Waals surface area contributed by atoms with Crippen molar-refractivity contribution in [2.24, 2.45) is 0 Å². The van der Waals surface area contributed by atoms with Gasteiger partial charge in [-0.25, -0.2) is 14.2 Å². The molecule has 7 heteroatoms. The van der Waals surface area contributed by atoms with Gasteiger partial charge in [0, 0.05) is 11.5 Å². The van der Waals surface area contributed by atoms with Gasteiger partial charge in [0.1, 0.15) is 5.82 Å². The summed E-state index contributed by atoms with van der Waals surface area (Å²) in [5.74, 6) is -0.114. The zero-order chi connectivity index (χ0) is 18.8. The van der Waals surface area contributed by atoms with Gasteiger partial charge in [-0.3, -0.25) is 4.98 Å². The number of fused-ring (bicyclic) bond motifs is 2. The highest BCUT2D eigenvalue weighted by Gasteiger charge is 2.16. The van der Waals surface area contributed by atoms with Gasteiger partial charge in [-0.2, -0.15) is 0 Å². The number of carbonyl (C=O) groups is 1. The minimum atomic E-state index is -0.813. The molecule has 0 aliphatic rings. The highest BCUT2D eigenvalue weighted by atomic mass is 19.1. The van der Waals surface area contributed by atoms with E-state index < -0.39 is 6.16 Å². The van der Waals surface area contributed by atoms with Crippen LogP contribution in [0.4, 0.5) is 9.18 Å². The van der Waals surface area contributed by atoms with Gasteiger partial charge < -0.3 is 14.0 Å². The normalized spacial score (nSPS) is 11.0. The van der Waals surface area contributed by atoms with Crippen molar-refractivity contribution >= 4 is 28.1 Å². The smallest absolute Gasteiger partial charge is 0.434 e. The number of carbonyl (C=O) groups excluding carboxylic acids is 1. The Morgan fingerprint density at radius 1 is 1.15 bits per heavy atom. The van der Waals surface area contributed by atoms with E-state index in [4.69, 9.17) is 9.47 Å². The Balaban J connectivity index is 1.76. The Bertz CT molecular complexity index is 1140. The van der Waals surface area contributed by atoms with Crippen molar-refractivity contribution in [1.82, 2.24) is 14.5 Å². The molecule has 0 radical (unpaired) electrons. The van der Waals surface area contributed by atoms with Crippen LogP contribution in [0.1, 0.15) is 12.6 Å². The SMILES string of the molecule is CCOC(=O)Oc1cc2cc(F)ccc2n1Cc1cnc2ccccc2n1. The number of aromatic nitrogens is 3. The van der Waals surface area contributed by atoms with E-state index in [1.165, 1.54) is 12.1 Å². The minimum absolute atomic E-state index is 0.198. The zero-order valence-corrected chi connectivity index (χ0v) is 14.6. The summed E-state index contributed by atoms with van der Waals surface area (Å²) >= 11 is 0. The van der Waals surface area contributed by atoms with Crippen molar-refractivity contribution in [3.63, 3.8) is 0 Å². The van der Waals surface area contributed by atoms with E-state index in [2.05, 4.69) is 9.97 Å². The van der Waals surface area contributed by atoms with Crippen LogP contribution < -0.4 is 4.74 Å². The summed E-state index contributed by atoms with van der Waals surface area (Å²) < 4.78 is 25.5. The quantitative estimate of drug-likeness (QED) is 0.504. The first-order valence-electron chi connectivity index (χ1n) is 8.48. The second-order valence-corrected chi connectivity index (χ2v) is 5.91. The van der Waals surface area contributed by atoms with Crippen LogP contribution in [0.5, 0.6) is 5.88 Å². The molecule has 2 aromatic carbocycles. The van der Waals surface area contributed by atoms with Gasteiger partial charge >= 0.3 is 6.16 Å². The fourth-order valence-electron chi connectivity index (χ4n) is 2.93. The first kappa shape index (κ1) is 17.0. The summed E-state index contributed by atoms with van der Waals surface area (Å²) in [6.45, 7) is 2.20. The predicted molar refractivity (Wildman–Crippen MR) is 98.2 cm³/mol. The Morgan fingerprint density at radius 3 is 2.78 bits per heavy atom. The molecule has 0 N–H and O–H groups in total. The van der Waals surface area contributed by atoms with Gasteiger partial charge in [0.25, 0.3) is 0 Å². The molecular formula is C20H16FN3O3. The maximum Gasteiger partial charge on any atom is 0.515 e. The lowest BCUT2D eigenvalue weighted by Crippen LogP contribution is -2.13. The van der Waals surface area contributed by atoms with Crippen molar-refractivity contribution < 1.29 is 18.7 Å². The molecule has 0 atom stereocenters. The number of nitrogens with zero attached hydrogens (tertiary/aromatic N) is 3. The lowest BCUT2D eigenvalue weighted by molar-refractivity contribution is 0.101. The molecule has 0 amide bonds. The molecule has 0 unspecified atom stereocenters. The molecule has 0 spiro atoms. The lowest BCUT2D eigenvalue weighted by atomic mass is 10.2. The molecule has 0 aliphatic carbocycles. The van der Waals surface area contributed by atoms with Crippen LogP contribution in [0.2, 0.25) is 0 Å². The maximum atomic E-state index is 13.6. The monoisotopic (exact) mass is 365 g/mol. The van der Waals surface area contributed by atoms with E-state index in [1.807, 2.05) is 24.3 Å². The average Bonchev–Trinajstić information content (AvgIpc) is 2.98. The summed E-state index contributed by atoms with van der Waals surface area (Å²) in [4.78, 5) is 20.8. The summed E-state index contributed by atoms with van der Waals surface area (Å²) in [5.41, 5.74) is 2.96. The molecule has 6 nitrogen and oxygen atoms in total. The van der Waals surface area contributed by atoms with E-state index in [-0.39, 0.29) is 18.3 Å².